The van der Waals surface area contributed by atoms with Crippen LogP contribution in [0.4, 0.5) is 11.4 Å². The number of carbonyl (C=O) groups excluding carboxylic acids is 3. The summed E-state index contributed by atoms with van der Waals surface area (Å²) >= 11 is 8.11. The van der Waals surface area contributed by atoms with Crippen LogP contribution < -0.4 is 10.6 Å². The minimum Gasteiger partial charge on any atom is -0.325 e. The molecule has 196 valence electrons. The average Bonchev–Trinajstić information content (AvgIpc) is 3.61. The second-order valence-corrected chi connectivity index (χ2v) is 12.7. The molecule has 0 fully saturated rings. The summed E-state index contributed by atoms with van der Waals surface area (Å²) in [5, 5.41) is 7.03. The number of benzene rings is 2. The van der Waals surface area contributed by atoms with Crippen molar-refractivity contribution in [2.75, 3.05) is 34.7 Å². The highest BCUT2D eigenvalue weighted by Crippen LogP contribution is 2.25. The Morgan fingerprint density at radius 1 is 0.684 bits per heavy atom. The molecule has 0 atom stereocenters. The van der Waals surface area contributed by atoms with Crippen molar-refractivity contribution in [3.05, 3.63) is 59.7 Å². The van der Waals surface area contributed by atoms with Gasteiger partial charge in [0, 0.05) is 22.5 Å². The Kier molecular flexibility index (Phi) is 10.6. The summed E-state index contributed by atoms with van der Waals surface area (Å²) in [7, 11) is 0. The third-order valence-corrected chi connectivity index (χ3v) is 9.65. The number of ketones is 1. The number of hydrogen-bond donors (Lipinski definition) is 2. The van der Waals surface area contributed by atoms with Gasteiger partial charge in [-0.3, -0.25) is 14.4 Å². The molecule has 0 aliphatic rings. The lowest BCUT2D eigenvalue weighted by Crippen LogP contribution is -2.14. The van der Waals surface area contributed by atoms with E-state index < -0.39 is 0 Å². The van der Waals surface area contributed by atoms with Gasteiger partial charge in [-0.15, -0.1) is 0 Å². The quantitative estimate of drug-likeness (QED) is 0.153. The predicted octanol–water partition coefficient (Wildman–Crippen LogP) is 5.53. The third kappa shape index (κ3) is 8.28. The summed E-state index contributed by atoms with van der Waals surface area (Å²) in [5.41, 5.74) is 2.18. The van der Waals surface area contributed by atoms with Crippen molar-refractivity contribution in [1.29, 1.82) is 0 Å². The Labute approximate surface area is 244 Å². The molecule has 2 heterocycles. The average molecular weight is 621 g/mol. The Hall–Kier alpha value is -2.43. The molecule has 0 unspecified atom stereocenters. The van der Waals surface area contributed by atoms with Crippen molar-refractivity contribution in [2.24, 2.45) is 0 Å². The van der Waals surface area contributed by atoms with E-state index in [-0.39, 0.29) is 29.1 Å². The highest BCUT2D eigenvalue weighted by Gasteiger charge is 2.12. The maximum atomic E-state index is 12.9. The highest BCUT2D eigenvalue weighted by molar-refractivity contribution is 8.02. The van der Waals surface area contributed by atoms with Gasteiger partial charge in [0.1, 0.15) is 0 Å². The molecular weight excluding hydrogens is 601 g/mol. The van der Waals surface area contributed by atoms with Crippen LogP contribution in [0.15, 0.2) is 67.5 Å². The number of thioether (sulfide) groups is 4. The lowest BCUT2D eigenvalue weighted by molar-refractivity contribution is -0.114. The van der Waals surface area contributed by atoms with Gasteiger partial charge in [0.2, 0.25) is 22.1 Å². The minimum absolute atomic E-state index is 0.159. The van der Waals surface area contributed by atoms with Gasteiger partial charge >= 0.3 is 0 Å². The van der Waals surface area contributed by atoms with Crippen molar-refractivity contribution in [3.8, 4) is 0 Å². The fraction of sp³-hybridized carbons (Fsp3) is 0.174. The van der Waals surface area contributed by atoms with Crippen LogP contribution >= 0.6 is 70.1 Å². The van der Waals surface area contributed by atoms with Crippen molar-refractivity contribution in [1.82, 2.24) is 18.7 Å². The number of nitrogens with one attached hydrogen (secondary N) is 2. The summed E-state index contributed by atoms with van der Waals surface area (Å²) in [6.07, 6.45) is 3.80. The number of anilines is 2. The summed E-state index contributed by atoms with van der Waals surface area (Å²) < 4.78 is 9.83. The minimum atomic E-state index is -0.168. The van der Waals surface area contributed by atoms with Gasteiger partial charge < -0.3 is 10.6 Å². The third-order valence-electron chi connectivity index (χ3n) is 4.66. The first-order valence-corrected chi connectivity index (χ1v) is 16.8. The summed E-state index contributed by atoms with van der Waals surface area (Å²) in [5.74, 6) is -0.0645. The monoisotopic (exact) mass is 620 g/mol. The number of aromatic nitrogens is 4. The van der Waals surface area contributed by atoms with Gasteiger partial charge in [-0.05, 0) is 84.1 Å². The van der Waals surface area contributed by atoms with Crippen LogP contribution in [0.5, 0.6) is 0 Å². The van der Waals surface area contributed by atoms with Crippen LogP contribution in [0.3, 0.4) is 0 Å². The predicted molar refractivity (Wildman–Crippen MR) is 158 cm³/mol. The normalized spacial score (nSPS) is 10.8. The second-order valence-electron chi connectivity index (χ2n) is 7.25. The number of hydrogen-bond acceptors (Lipinski definition) is 13. The fourth-order valence-electron chi connectivity index (χ4n) is 2.90. The van der Waals surface area contributed by atoms with Crippen molar-refractivity contribution in [3.63, 3.8) is 0 Å². The summed E-state index contributed by atoms with van der Waals surface area (Å²) in [6, 6.07) is 13.5. The van der Waals surface area contributed by atoms with Crippen LogP contribution in [0.1, 0.15) is 15.9 Å². The SMILES string of the molecule is CSc1nsc(SCC(=O)Nc2ccc(C(=O)c3ccc(NC(=O)CSc4nc(SC)ns4)cc3)cc2)n1. The Bertz CT molecular complexity index is 1300. The molecule has 9 nitrogen and oxygen atoms in total. The standard InChI is InChI=1S/C23H20N6O3S6/c1-33-20-26-22(37-28-20)35-11-17(30)24-15-7-3-13(4-8-15)19(32)14-5-9-16(10-6-14)25-18(31)12-36-23-27-21(34-2)29-38-23/h3-10H,11-12H2,1-2H3,(H,24,30)(H,25,31). The van der Waals surface area contributed by atoms with E-state index in [1.807, 2.05) is 12.5 Å². The van der Waals surface area contributed by atoms with Gasteiger partial charge in [-0.2, -0.15) is 8.75 Å². The van der Waals surface area contributed by atoms with Crippen LogP contribution in [-0.2, 0) is 9.59 Å². The number of amides is 2. The number of nitrogens with zero attached hydrogens (tertiary/aromatic N) is 4. The first kappa shape index (κ1) is 28.6. The van der Waals surface area contributed by atoms with Crippen LogP contribution in [0.25, 0.3) is 0 Å². The zero-order chi connectivity index (χ0) is 26.9. The molecule has 0 aliphatic carbocycles. The van der Waals surface area contributed by atoms with E-state index in [0.29, 0.717) is 32.8 Å². The van der Waals surface area contributed by atoms with Crippen LogP contribution in [0.2, 0.25) is 0 Å². The van der Waals surface area contributed by atoms with Gasteiger partial charge in [0.25, 0.3) is 0 Å². The molecule has 2 aromatic carbocycles. The molecule has 0 saturated heterocycles. The molecule has 0 radical (unpaired) electrons. The van der Waals surface area contributed by atoms with E-state index in [0.717, 1.165) is 8.68 Å². The van der Waals surface area contributed by atoms with Gasteiger partial charge in [0.15, 0.2) is 14.5 Å². The molecule has 0 saturated carbocycles. The zero-order valence-electron chi connectivity index (χ0n) is 20.0. The number of carbonyl (C=O) groups is 3. The van der Waals surface area contributed by atoms with Crippen LogP contribution in [-0.4, -0.2) is 60.3 Å². The number of rotatable bonds is 12. The first-order chi connectivity index (χ1) is 18.4. The van der Waals surface area contributed by atoms with E-state index in [1.165, 1.54) is 70.1 Å². The Balaban J connectivity index is 1.25. The molecule has 0 aliphatic heterocycles. The molecule has 0 bridgehead atoms. The van der Waals surface area contributed by atoms with Crippen molar-refractivity contribution in [2.45, 2.75) is 19.0 Å². The van der Waals surface area contributed by atoms with E-state index in [4.69, 9.17) is 0 Å². The molecule has 4 rings (SSSR count). The smallest absolute Gasteiger partial charge is 0.234 e. The maximum Gasteiger partial charge on any atom is 0.234 e. The topological polar surface area (TPSA) is 127 Å². The molecule has 2 amide bonds. The lowest BCUT2D eigenvalue weighted by Gasteiger charge is -2.07. The fourth-order valence-corrected chi connectivity index (χ4v) is 6.92. The van der Waals surface area contributed by atoms with Gasteiger partial charge in [-0.25, -0.2) is 9.97 Å². The van der Waals surface area contributed by atoms with Crippen molar-refractivity contribution < 1.29 is 14.4 Å². The first-order valence-electron chi connectivity index (χ1n) is 10.8. The highest BCUT2D eigenvalue weighted by atomic mass is 32.2. The molecule has 0 spiro atoms. The van der Waals surface area contributed by atoms with E-state index in [9.17, 15) is 14.4 Å². The molecule has 4 aromatic rings. The van der Waals surface area contributed by atoms with E-state index in [2.05, 4.69) is 29.3 Å². The van der Waals surface area contributed by atoms with Gasteiger partial charge in [0.05, 0.1) is 11.5 Å². The summed E-state index contributed by atoms with van der Waals surface area (Å²) in [4.78, 5) is 46.0. The lowest BCUT2D eigenvalue weighted by atomic mass is 10.0. The maximum absolute atomic E-state index is 12.9. The van der Waals surface area contributed by atoms with E-state index >= 15 is 0 Å². The Morgan fingerprint density at radius 3 is 1.42 bits per heavy atom. The molecule has 15 heteroatoms. The molecular formula is C23H20N6O3S6. The van der Waals surface area contributed by atoms with Gasteiger partial charge in [-0.1, -0.05) is 47.0 Å². The molecule has 2 N–H and O–H groups in total. The van der Waals surface area contributed by atoms with E-state index in [1.54, 1.807) is 48.5 Å². The van der Waals surface area contributed by atoms with Crippen LogP contribution in [0, 0.1) is 0 Å². The zero-order valence-corrected chi connectivity index (χ0v) is 24.9. The molecule has 38 heavy (non-hydrogen) atoms. The molecule has 2 aromatic heterocycles. The summed E-state index contributed by atoms with van der Waals surface area (Å²) in [6.45, 7) is 0. The second kappa shape index (κ2) is 14.1. The van der Waals surface area contributed by atoms with Crippen molar-refractivity contribution >= 4 is 99.1 Å². The largest absolute Gasteiger partial charge is 0.325 e. The Morgan fingerprint density at radius 2 is 1.08 bits per heavy atom.